The Bertz CT molecular complexity index is 656. The summed E-state index contributed by atoms with van der Waals surface area (Å²) in [4.78, 5) is 8.47. The molecule has 2 aromatic rings. The molecule has 5 nitrogen and oxygen atoms in total. The van der Waals surface area contributed by atoms with Crippen LogP contribution in [0.5, 0.6) is 0 Å². The summed E-state index contributed by atoms with van der Waals surface area (Å²) in [5, 5.41) is 15.7. The van der Waals surface area contributed by atoms with E-state index in [0.29, 0.717) is 17.4 Å². The molecule has 3 rings (SSSR count). The Morgan fingerprint density at radius 2 is 1.86 bits per heavy atom. The van der Waals surface area contributed by atoms with Gasteiger partial charge in [0.2, 0.25) is 0 Å². The molecule has 0 bridgehead atoms. The zero-order chi connectivity index (χ0) is 14.5. The van der Waals surface area contributed by atoms with Gasteiger partial charge in [-0.2, -0.15) is 5.26 Å². The second-order valence-electron chi connectivity index (χ2n) is 5.20. The lowest BCUT2D eigenvalue weighted by Gasteiger charge is -2.13. The van der Waals surface area contributed by atoms with E-state index in [4.69, 9.17) is 5.26 Å². The molecule has 1 aliphatic rings. The maximum Gasteiger partial charge on any atom is 0.135 e. The molecule has 1 saturated carbocycles. The van der Waals surface area contributed by atoms with Gasteiger partial charge in [-0.25, -0.2) is 9.97 Å². The molecule has 2 N–H and O–H groups in total. The molecule has 1 aromatic carbocycles. The number of rotatable bonds is 4. The predicted octanol–water partition coefficient (Wildman–Crippen LogP) is 3.45. The smallest absolute Gasteiger partial charge is 0.135 e. The fraction of sp³-hybridized carbons (Fsp3) is 0.312. The fourth-order valence-electron chi connectivity index (χ4n) is 2.61. The maximum absolute atomic E-state index is 9.11. The number of nitriles is 1. The Hall–Kier alpha value is -2.61. The van der Waals surface area contributed by atoms with Crippen molar-refractivity contribution in [3.05, 3.63) is 42.2 Å². The quantitative estimate of drug-likeness (QED) is 0.896. The topological polar surface area (TPSA) is 73.6 Å². The van der Waals surface area contributed by atoms with Gasteiger partial charge in [0, 0.05) is 12.1 Å². The van der Waals surface area contributed by atoms with Crippen LogP contribution in [0.25, 0.3) is 0 Å². The van der Waals surface area contributed by atoms with Gasteiger partial charge < -0.3 is 10.6 Å². The van der Waals surface area contributed by atoms with E-state index >= 15 is 0 Å². The normalized spacial score (nSPS) is 14.6. The summed E-state index contributed by atoms with van der Waals surface area (Å²) < 4.78 is 0. The number of aromatic nitrogens is 2. The van der Waals surface area contributed by atoms with Gasteiger partial charge in [0.15, 0.2) is 0 Å². The molecule has 0 unspecified atom stereocenters. The van der Waals surface area contributed by atoms with E-state index in [1.807, 2.05) is 24.3 Å². The summed E-state index contributed by atoms with van der Waals surface area (Å²) in [5.74, 6) is 1.52. The molecule has 0 spiro atoms. The SMILES string of the molecule is N#Cc1ccccc1Nc1cc(NC2CCCC2)ncn1. The van der Waals surface area contributed by atoms with Crippen molar-refractivity contribution in [1.82, 2.24) is 9.97 Å². The highest BCUT2D eigenvalue weighted by molar-refractivity contribution is 5.65. The fourth-order valence-corrected chi connectivity index (χ4v) is 2.61. The van der Waals surface area contributed by atoms with Gasteiger partial charge in [-0.1, -0.05) is 25.0 Å². The van der Waals surface area contributed by atoms with E-state index in [0.717, 1.165) is 11.5 Å². The van der Waals surface area contributed by atoms with Crippen LogP contribution in [0, 0.1) is 11.3 Å². The van der Waals surface area contributed by atoms with Crippen molar-refractivity contribution >= 4 is 17.3 Å². The summed E-state index contributed by atoms with van der Waals surface area (Å²) in [7, 11) is 0. The first kappa shape index (κ1) is 13.4. The van der Waals surface area contributed by atoms with Gasteiger partial charge in [-0.15, -0.1) is 0 Å². The summed E-state index contributed by atoms with van der Waals surface area (Å²) in [6, 6.07) is 11.9. The van der Waals surface area contributed by atoms with E-state index in [9.17, 15) is 0 Å². The summed E-state index contributed by atoms with van der Waals surface area (Å²) in [6.07, 6.45) is 6.50. The largest absolute Gasteiger partial charge is 0.367 e. The minimum atomic E-state index is 0.513. The highest BCUT2D eigenvalue weighted by atomic mass is 15.1. The lowest BCUT2D eigenvalue weighted by Crippen LogP contribution is -2.15. The molecule has 0 atom stereocenters. The van der Waals surface area contributed by atoms with Crippen LogP contribution >= 0.6 is 0 Å². The van der Waals surface area contributed by atoms with Crippen LogP contribution in [0.15, 0.2) is 36.7 Å². The monoisotopic (exact) mass is 279 g/mol. The molecule has 1 aliphatic carbocycles. The Morgan fingerprint density at radius 3 is 2.67 bits per heavy atom. The number of hydrogen-bond acceptors (Lipinski definition) is 5. The van der Waals surface area contributed by atoms with Crippen LogP contribution in [-0.2, 0) is 0 Å². The minimum absolute atomic E-state index is 0.513. The molecular formula is C16H17N5. The standard InChI is InChI=1S/C16H17N5/c17-10-12-5-1-4-8-14(12)21-16-9-15(18-11-19-16)20-13-6-2-3-7-13/h1,4-5,8-9,11,13H,2-3,6-7H2,(H2,18,19,20,21). The molecule has 0 aliphatic heterocycles. The molecule has 1 fully saturated rings. The molecule has 5 heteroatoms. The number of para-hydroxylation sites is 1. The first-order valence-electron chi connectivity index (χ1n) is 7.20. The van der Waals surface area contributed by atoms with Crippen LogP contribution in [0.4, 0.5) is 17.3 Å². The number of anilines is 3. The summed E-state index contributed by atoms with van der Waals surface area (Å²) in [5.41, 5.74) is 1.35. The van der Waals surface area contributed by atoms with Crippen molar-refractivity contribution in [3.63, 3.8) is 0 Å². The highest BCUT2D eigenvalue weighted by Crippen LogP contribution is 2.23. The highest BCUT2D eigenvalue weighted by Gasteiger charge is 2.15. The number of nitrogens with one attached hydrogen (secondary N) is 2. The van der Waals surface area contributed by atoms with E-state index in [2.05, 4.69) is 26.7 Å². The van der Waals surface area contributed by atoms with Crippen molar-refractivity contribution in [2.24, 2.45) is 0 Å². The molecule has 1 heterocycles. The molecule has 0 radical (unpaired) electrons. The molecule has 106 valence electrons. The third kappa shape index (κ3) is 3.29. The van der Waals surface area contributed by atoms with Gasteiger partial charge in [0.05, 0.1) is 11.3 Å². The minimum Gasteiger partial charge on any atom is -0.367 e. The average molecular weight is 279 g/mol. The zero-order valence-electron chi connectivity index (χ0n) is 11.7. The van der Waals surface area contributed by atoms with E-state index < -0.39 is 0 Å². The van der Waals surface area contributed by atoms with Crippen LogP contribution in [-0.4, -0.2) is 16.0 Å². The Morgan fingerprint density at radius 1 is 1.10 bits per heavy atom. The van der Waals surface area contributed by atoms with Crippen LogP contribution in [0.1, 0.15) is 31.2 Å². The Kier molecular flexibility index (Phi) is 3.97. The predicted molar refractivity (Wildman–Crippen MR) is 82.4 cm³/mol. The lowest BCUT2D eigenvalue weighted by atomic mass is 10.2. The third-order valence-electron chi connectivity index (χ3n) is 3.68. The van der Waals surface area contributed by atoms with Gasteiger partial charge in [0.25, 0.3) is 0 Å². The van der Waals surface area contributed by atoms with Crippen molar-refractivity contribution in [2.75, 3.05) is 10.6 Å². The van der Waals surface area contributed by atoms with E-state index in [1.54, 1.807) is 6.07 Å². The zero-order valence-corrected chi connectivity index (χ0v) is 11.7. The Balaban J connectivity index is 1.75. The molecule has 1 aromatic heterocycles. The second-order valence-corrected chi connectivity index (χ2v) is 5.20. The second kappa shape index (κ2) is 6.23. The first-order valence-corrected chi connectivity index (χ1v) is 7.20. The van der Waals surface area contributed by atoms with Crippen LogP contribution in [0.2, 0.25) is 0 Å². The molecular weight excluding hydrogens is 262 g/mol. The lowest BCUT2D eigenvalue weighted by molar-refractivity contribution is 0.750. The van der Waals surface area contributed by atoms with Crippen LogP contribution in [0.3, 0.4) is 0 Å². The average Bonchev–Trinajstić information content (AvgIpc) is 3.01. The number of nitrogens with zero attached hydrogens (tertiary/aromatic N) is 3. The van der Waals surface area contributed by atoms with Gasteiger partial charge in [0.1, 0.15) is 24.0 Å². The first-order chi connectivity index (χ1) is 10.3. The Labute approximate surface area is 124 Å². The maximum atomic E-state index is 9.11. The number of benzene rings is 1. The van der Waals surface area contributed by atoms with E-state index in [1.165, 1.54) is 32.0 Å². The van der Waals surface area contributed by atoms with Crippen molar-refractivity contribution in [1.29, 1.82) is 5.26 Å². The molecule has 21 heavy (non-hydrogen) atoms. The summed E-state index contributed by atoms with van der Waals surface area (Å²) >= 11 is 0. The summed E-state index contributed by atoms with van der Waals surface area (Å²) in [6.45, 7) is 0. The van der Waals surface area contributed by atoms with Crippen molar-refractivity contribution in [2.45, 2.75) is 31.7 Å². The van der Waals surface area contributed by atoms with Gasteiger partial charge in [-0.3, -0.25) is 0 Å². The van der Waals surface area contributed by atoms with Crippen molar-refractivity contribution in [3.8, 4) is 6.07 Å². The van der Waals surface area contributed by atoms with Gasteiger partial charge in [-0.05, 0) is 25.0 Å². The van der Waals surface area contributed by atoms with E-state index in [-0.39, 0.29) is 0 Å². The van der Waals surface area contributed by atoms with Gasteiger partial charge >= 0.3 is 0 Å². The molecule has 0 amide bonds. The number of hydrogen-bond donors (Lipinski definition) is 2. The van der Waals surface area contributed by atoms with Crippen LogP contribution < -0.4 is 10.6 Å². The molecule has 0 saturated heterocycles. The third-order valence-corrected chi connectivity index (χ3v) is 3.68. The van der Waals surface area contributed by atoms with Crippen molar-refractivity contribution < 1.29 is 0 Å².